The maximum Gasteiger partial charge on any atom is 0.325 e. The topological polar surface area (TPSA) is 70.6 Å². The van der Waals surface area contributed by atoms with Gasteiger partial charge in [0.15, 0.2) is 0 Å². The third kappa shape index (κ3) is 6.46. The van der Waals surface area contributed by atoms with Crippen LogP contribution in [0.3, 0.4) is 0 Å². The molecule has 0 saturated carbocycles. The van der Waals surface area contributed by atoms with Crippen LogP contribution in [0, 0.1) is 0 Å². The number of fused-ring (bicyclic) bond motifs is 1. The monoisotopic (exact) mass is 416 g/mol. The summed E-state index contributed by atoms with van der Waals surface area (Å²) in [6.07, 6.45) is 3.51. The number of anilines is 1. The highest BCUT2D eigenvalue weighted by atomic mass is 35.5. The fourth-order valence-electron chi connectivity index (χ4n) is 3.75. The maximum absolute atomic E-state index is 11.6. The van der Waals surface area contributed by atoms with Gasteiger partial charge in [0.2, 0.25) is 0 Å². The van der Waals surface area contributed by atoms with Gasteiger partial charge in [-0.15, -0.1) is 0 Å². The Morgan fingerprint density at radius 3 is 2.93 bits per heavy atom. The number of hydrogen-bond acceptors (Lipinski definition) is 5. The smallest absolute Gasteiger partial charge is 0.325 e. The number of carbonyl (C=O) groups excluding carboxylic acids is 1. The Labute approximate surface area is 177 Å². The van der Waals surface area contributed by atoms with Gasteiger partial charge in [-0.3, -0.25) is 4.79 Å². The lowest BCUT2D eigenvalue weighted by Crippen LogP contribution is -2.34. The molecule has 29 heavy (non-hydrogen) atoms. The van der Waals surface area contributed by atoms with E-state index in [-0.39, 0.29) is 12.5 Å². The van der Waals surface area contributed by atoms with Crippen molar-refractivity contribution in [1.29, 1.82) is 0 Å². The molecule has 3 N–H and O–H groups in total. The molecule has 0 fully saturated rings. The number of esters is 1. The van der Waals surface area contributed by atoms with Crippen molar-refractivity contribution in [3.63, 3.8) is 0 Å². The van der Waals surface area contributed by atoms with Crippen LogP contribution in [0.4, 0.5) is 5.69 Å². The quantitative estimate of drug-likeness (QED) is 0.450. The largest absolute Gasteiger partial charge is 0.465 e. The zero-order valence-electron chi connectivity index (χ0n) is 16.8. The molecule has 0 amide bonds. The fourth-order valence-corrected chi connectivity index (χ4v) is 3.95. The molecule has 0 spiro atoms. The van der Waals surface area contributed by atoms with Crippen molar-refractivity contribution in [3.05, 3.63) is 64.2 Å². The van der Waals surface area contributed by atoms with E-state index in [1.54, 1.807) is 19.1 Å². The van der Waals surface area contributed by atoms with Crippen LogP contribution in [-0.2, 0) is 22.4 Å². The molecule has 0 aliphatic heterocycles. The van der Waals surface area contributed by atoms with Crippen LogP contribution in [0.25, 0.3) is 0 Å². The number of aliphatic hydroxyl groups excluding tert-OH is 1. The fraction of sp³-hybridized carbons (Fsp3) is 0.435. The number of hydrogen-bond donors (Lipinski definition) is 3. The van der Waals surface area contributed by atoms with Gasteiger partial charge in [-0.25, -0.2) is 0 Å². The number of halogens is 1. The zero-order valence-corrected chi connectivity index (χ0v) is 17.5. The molecule has 3 rings (SSSR count). The summed E-state index contributed by atoms with van der Waals surface area (Å²) in [6.45, 7) is 2.84. The average Bonchev–Trinajstić information content (AvgIpc) is 2.92. The predicted octanol–water partition coefficient (Wildman–Crippen LogP) is 3.89. The molecule has 0 radical (unpaired) electrons. The number of benzene rings is 2. The van der Waals surface area contributed by atoms with Gasteiger partial charge in [0.05, 0.1) is 12.7 Å². The Bertz CT molecular complexity index is 828. The molecule has 2 atom stereocenters. The molecule has 6 heteroatoms. The maximum atomic E-state index is 11.6. The molecule has 0 heterocycles. The Morgan fingerprint density at radius 1 is 1.28 bits per heavy atom. The van der Waals surface area contributed by atoms with Gasteiger partial charge in [-0.1, -0.05) is 29.8 Å². The Kier molecular flexibility index (Phi) is 7.92. The summed E-state index contributed by atoms with van der Waals surface area (Å²) < 4.78 is 4.97. The van der Waals surface area contributed by atoms with Gasteiger partial charge >= 0.3 is 5.97 Å². The van der Waals surface area contributed by atoms with Gasteiger partial charge in [0, 0.05) is 23.3 Å². The van der Waals surface area contributed by atoms with E-state index in [0.29, 0.717) is 24.2 Å². The normalized spacial score (nSPS) is 17.1. The molecule has 1 aliphatic rings. The number of rotatable bonds is 8. The van der Waals surface area contributed by atoms with E-state index in [9.17, 15) is 9.90 Å². The first-order valence-corrected chi connectivity index (χ1v) is 10.6. The Morgan fingerprint density at radius 2 is 2.14 bits per heavy atom. The second kappa shape index (κ2) is 10.6. The van der Waals surface area contributed by atoms with Crippen molar-refractivity contribution in [2.24, 2.45) is 0 Å². The molecule has 1 aliphatic carbocycles. The SMILES string of the molecule is CCOC(=O)CNc1ccc2c(c1)CC(NC[C@H](O)c1cccc(Cl)c1)CCC2. The van der Waals surface area contributed by atoms with Crippen LogP contribution >= 0.6 is 11.6 Å². The van der Waals surface area contributed by atoms with Crippen molar-refractivity contribution in [1.82, 2.24) is 5.32 Å². The van der Waals surface area contributed by atoms with Crippen LogP contribution in [0.2, 0.25) is 5.02 Å². The predicted molar refractivity (Wildman–Crippen MR) is 116 cm³/mol. The number of carbonyl (C=O) groups is 1. The second-order valence-corrected chi connectivity index (χ2v) is 7.85. The van der Waals surface area contributed by atoms with Crippen LogP contribution < -0.4 is 10.6 Å². The molecule has 1 unspecified atom stereocenters. The van der Waals surface area contributed by atoms with Crippen molar-refractivity contribution in [2.45, 2.75) is 44.8 Å². The van der Waals surface area contributed by atoms with Gasteiger partial charge in [-0.2, -0.15) is 0 Å². The Hall–Kier alpha value is -2.08. The van der Waals surface area contributed by atoms with E-state index in [0.717, 1.165) is 36.9 Å². The van der Waals surface area contributed by atoms with Crippen LogP contribution in [0.1, 0.15) is 42.6 Å². The Balaban J connectivity index is 1.58. The van der Waals surface area contributed by atoms with Crippen LogP contribution in [0.5, 0.6) is 0 Å². The van der Waals surface area contributed by atoms with Crippen LogP contribution in [-0.4, -0.2) is 36.8 Å². The lowest BCUT2D eigenvalue weighted by molar-refractivity contribution is -0.140. The van der Waals surface area contributed by atoms with E-state index in [4.69, 9.17) is 16.3 Å². The first-order valence-electron chi connectivity index (χ1n) is 10.2. The van der Waals surface area contributed by atoms with Crippen LogP contribution in [0.15, 0.2) is 42.5 Å². The zero-order chi connectivity index (χ0) is 20.6. The summed E-state index contributed by atoms with van der Waals surface area (Å²) in [4.78, 5) is 11.6. The minimum Gasteiger partial charge on any atom is -0.465 e. The molecule has 0 bridgehead atoms. The molecule has 0 aromatic heterocycles. The third-order valence-electron chi connectivity index (χ3n) is 5.25. The van der Waals surface area contributed by atoms with E-state index in [1.807, 2.05) is 18.2 Å². The van der Waals surface area contributed by atoms with Gasteiger partial charge < -0.3 is 20.5 Å². The molecule has 5 nitrogen and oxygen atoms in total. The molecular weight excluding hydrogens is 388 g/mol. The highest BCUT2D eigenvalue weighted by Gasteiger charge is 2.18. The lowest BCUT2D eigenvalue weighted by Gasteiger charge is -2.20. The average molecular weight is 417 g/mol. The summed E-state index contributed by atoms with van der Waals surface area (Å²) in [5.41, 5.74) is 4.39. The first-order chi connectivity index (χ1) is 14.0. The van der Waals surface area contributed by atoms with E-state index < -0.39 is 6.10 Å². The summed E-state index contributed by atoms with van der Waals surface area (Å²) in [5.74, 6) is -0.253. The highest BCUT2D eigenvalue weighted by molar-refractivity contribution is 6.30. The number of aryl methyl sites for hydroxylation is 1. The van der Waals surface area contributed by atoms with Crippen molar-refractivity contribution in [3.8, 4) is 0 Å². The van der Waals surface area contributed by atoms with Crippen molar-refractivity contribution >= 4 is 23.3 Å². The van der Waals surface area contributed by atoms with Gasteiger partial charge in [0.1, 0.15) is 6.54 Å². The van der Waals surface area contributed by atoms with Gasteiger partial charge in [0.25, 0.3) is 0 Å². The standard InChI is InChI=1S/C23H29ClN2O3/c1-2-29-23(28)15-26-21-10-9-16-5-4-8-20(12-18(16)13-21)25-14-22(27)17-6-3-7-19(24)11-17/h3,6-7,9-11,13,20,22,25-27H,2,4-5,8,12,14-15H2,1H3/t20?,22-/m0/s1. The van der Waals surface area contributed by atoms with Crippen molar-refractivity contribution < 1.29 is 14.6 Å². The molecule has 156 valence electrons. The number of ether oxygens (including phenoxy) is 1. The summed E-state index contributed by atoms with van der Waals surface area (Å²) >= 11 is 6.03. The van der Waals surface area contributed by atoms with Gasteiger partial charge in [-0.05, 0) is 73.6 Å². The van der Waals surface area contributed by atoms with Crippen molar-refractivity contribution in [2.75, 3.05) is 25.0 Å². The third-order valence-corrected chi connectivity index (χ3v) is 5.48. The molecular formula is C23H29ClN2O3. The van der Waals surface area contributed by atoms with E-state index >= 15 is 0 Å². The summed E-state index contributed by atoms with van der Waals surface area (Å²) in [6, 6.07) is 13.9. The molecule has 2 aromatic carbocycles. The molecule has 0 saturated heterocycles. The highest BCUT2D eigenvalue weighted by Crippen LogP contribution is 2.25. The number of aliphatic hydroxyl groups is 1. The minimum atomic E-state index is -0.589. The van der Waals surface area contributed by atoms with E-state index in [1.165, 1.54) is 11.1 Å². The first kappa shape index (κ1) is 21.6. The minimum absolute atomic E-state index is 0.167. The van der Waals surface area contributed by atoms with E-state index in [2.05, 4.69) is 22.8 Å². The second-order valence-electron chi connectivity index (χ2n) is 7.41. The number of nitrogens with one attached hydrogen (secondary N) is 2. The summed E-state index contributed by atoms with van der Waals surface area (Å²) in [7, 11) is 0. The molecule has 2 aromatic rings. The summed E-state index contributed by atoms with van der Waals surface area (Å²) in [5, 5.41) is 17.8. The lowest BCUT2D eigenvalue weighted by atomic mass is 10.0.